The van der Waals surface area contributed by atoms with Crippen LogP contribution in [0.4, 0.5) is 0 Å². The van der Waals surface area contributed by atoms with Crippen LogP contribution in [0.25, 0.3) is 0 Å². The third-order valence-corrected chi connectivity index (χ3v) is 9.76. The van der Waals surface area contributed by atoms with Gasteiger partial charge in [-0.15, -0.1) is 7.92 Å². The molecule has 0 saturated heterocycles. The molecule has 0 fully saturated rings. The first kappa shape index (κ1) is 23.6. The molecular formula is C22H26AuClP2. The topological polar surface area (TPSA) is 0 Å². The van der Waals surface area contributed by atoms with Gasteiger partial charge in [0.1, 0.15) is 0 Å². The van der Waals surface area contributed by atoms with Gasteiger partial charge in [0, 0.05) is 0 Å². The molecule has 0 unspecified atom stereocenters. The fourth-order valence-electron chi connectivity index (χ4n) is 2.66. The van der Waals surface area contributed by atoms with Crippen LogP contribution in [0.5, 0.6) is 0 Å². The van der Waals surface area contributed by atoms with Crippen molar-refractivity contribution in [3.05, 3.63) is 97.7 Å². The molecule has 0 nitrogen and oxygen atoms in total. The van der Waals surface area contributed by atoms with Crippen molar-refractivity contribution < 1.29 is 22.4 Å². The van der Waals surface area contributed by atoms with Gasteiger partial charge >= 0.3 is 153 Å². The molecule has 0 aliphatic rings. The molecule has 0 saturated carbocycles. The van der Waals surface area contributed by atoms with E-state index in [9.17, 15) is 0 Å². The van der Waals surface area contributed by atoms with E-state index in [-0.39, 0.29) is 22.4 Å². The zero-order chi connectivity index (χ0) is 18.4. The Balaban J connectivity index is 0.000000616. The van der Waals surface area contributed by atoms with E-state index in [1.54, 1.807) is 0 Å². The second-order valence-corrected chi connectivity index (χ2v) is 15.4. The van der Waals surface area contributed by atoms with Crippen molar-refractivity contribution in [2.24, 2.45) is 0 Å². The second-order valence-electron chi connectivity index (χ2n) is 6.53. The molecule has 3 aromatic rings. The first-order valence-electron chi connectivity index (χ1n) is 8.23. The minimum atomic E-state index is -3.15. The second kappa shape index (κ2) is 10.2. The van der Waals surface area contributed by atoms with E-state index in [0.29, 0.717) is 7.92 Å². The fraction of sp³-hybridized carbons (Fsp3) is 0.136. The summed E-state index contributed by atoms with van der Waals surface area (Å²) in [4.78, 5) is 0. The Morgan fingerprint density at radius 2 is 0.808 bits per heavy atom. The van der Waals surface area contributed by atoms with Crippen LogP contribution in [0, 0.1) is 6.66 Å². The summed E-state index contributed by atoms with van der Waals surface area (Å²) in [6.07, 6.45) is 0. The molecule has 0 N–H and O–H groups in total. The molecule has 0 atom stereocenters. The number of hydrogen-bond acceptors (Lipinski definition) is 0. The van der Waals surface area contributed by atoms with Crippen LogP contribution < -0.4 is 15.9 Å². The van der Waals surface area contributed by atoms with E-state index < -0.39 is 5.96 Å². The third kappa shape index (κ3) is 5.30. The Morgan fingerprint density at radius 1 is 0.615 bits per heavy atom. The summed E-state index contributed by atoms with van der Waals surface area (Å²) >= 11 is 7.39. The van der Waals surface area contributed by atoms with Gasteiger partial charge in [-0.05, 0) is 20.0 Å². The molecule has 3 aromatic carbocycles. The van der Waals surface area contributed by atoms with E-state index in [2.05, 4.69) is 63.1 Å². The molecule has 0 radical (unpaired) electrons. The van der Waals surface area contributed by atoms with Gasteiger partial charge in [0.15, 0.2) is 0 Å². The SMILES string of the molecule is CP(C)C.[Au+].[CH2-]P(Cl)(c1ccccc1)(c1ccccc1)c1ccccc1. The zero-order valence-corrected chi connectivity index (χ0v) is 20.2. The molecule has 26 heavy (non-hydrogen) atoms. The Morgan fingerprint density at radius 3 is 1.00 bits per heavy atom. The van der Waals surface area contributed by atoms with Gasteiger partial charge in [-0.3, -0.25) is 0 Å². The van der Waals surface area contributed by atoms with E-state index in [1.165, 1.54) is 0 Å². The van der Waals surface area contributed by atoms with Gasteiger partial charge in [-0.25, -0.2) is 0 Å². The maximum atomic E-state index is 7.39. The Hall–Kier alpha value is -0.450. The number of benzene rings is 3. The van der Waals surface area contributed by atoms with Crippen LogP contribution in [0.15, 0.2) is 91.0 Å². The minimum absolute atomic E-state index is 0. The zero-order valence-electron chi connectivity index (χ0n) is 15.4. The van der Waals surface area contributed by atoms with Gasteiger partial charge in [0.05, 0.1) is 0 Å². The average molecular weight is 585 g/mol. The van der Waals surface area contributed by atoms with Gasteiger partial charge in [0.25, 0.3) is 0 Å². The van der Waals surface area contributed by atoms with Crippen molar-refractivity contribution in [1.29, 1.82) is 0 Å². The normalized spacial score (nSPS) is 12.2. The van der Waals surface area contributed by atoms with Gasteiger partial charge in [-0.2, -0.15) is 0 Å². The van der Waals surface area contributed by atoms with Crippen LogP contribution in [-0.2, 0) is 22.4 Å². The van der Waals surface area contributed by atoms with Crippen LogP contribution in [0.3, 0.4) is 0 Å². The predicted molar refractivity (Wildman–Crippen MR) is 121 cm³/mol. The van der Waals surface area contributed by atoms with E-state index >= 15 is 0 Å². The molecule has 4 heteroatoms. The summed E-state index contributed by atoms with van der Waals surface area (Å²) in [7, 11) is 0.380. The molecule has 3 rings (SSSR count). The quantitative estimate of drug-likeness (QED) is 0.207. The first-order valence-corrected chi connectivity index (χ1v) is 14.2. The number of rotatable bonds is 3. The van der Waals surface area contributed by atoms with Crippen LogP contribution in [0.1, 0.15) is 0 Å². The van der Waals surface area contributed by atoms with Crippen LogP contribution in [0.2, 0.25) is 0 Å². The Bertz CT molecular complexity index is 669. The van der Waals surface area contributed by atoms with E-state index in [0.717, 1.165) is 15.9 Å². The van der Waals surface area contributed by atoms with E-state index in [4.69, 9.17) is 11.2 Å². The van der Waals surface area contributed by atoms with Crippen LogP contribution >= 0.6 is 25.1 Å². The van der Waals surface area contributed by atoms with Gasteiger partial charge in [-0.1, -0.05) is 0 Å². The molecule has 142 valence electrons. The standard InChI is InChI=1S/C19H17ClP.C3H9P.Au/c1-21(20,17-11-5-2-6-12-17,18-13-7-3-8-14-18)19-15-9-4-10-16-19;1-4(2)3;/h2-16H,1H2;1-3H3;/q-1;;+1. The van der Waals surface area contributed by atoms with Gasteiger partial charge in [0.2, 0.25) is 0 Å². The predicted octanol–water partition coefficient (Wildman–Crippen LogP) is 5.82. The molecule has 0 aromatic heterocycles. The molecule has 0 heterocycles. The molecule has 0 aliphatic carbocycles. The summed E-state index contributed by atoms with van der Waals surface area (Å²) < 4.78 is 0. The Kier molecular flexibility index (Phi) is 9.25. The van der Waals surface area contributed by atoms with Crippen molar-refractivity contribution in [2.45, 2.75) is 0 Å². The molecular weight excluding hydrogens is 559 g/mol. The summed E-state index contributed by atoms with van der Waals surface area (Å²) in [6.45, 7) is 11.3. The molecule has 0 aliphatic heterocycles. The number of hydrogen-bond donors (Lipinski definition) is 0. The Labute approximate surface area is 180 Å². The molecule has 0 spiro atoms. The summed E-state index contributed by atoms with van der Waals surface area (Å²) in [5.41, 5.74) is 0. The summed E-state index contributed by atoms with van der Waals surface area (Å²) in [6, 6.07) is 30.7. The average Bonchev–Trinajstić information content (AvgIpc) is 2.64. The van der Waals surface area contributed by atoms with Crippen molar-refractivity contribution in [3.63, 3.8) is 0 Å². The number of halogens is 1. The van der Waals surface area contributed by atoms with E-state index in [1.807, 2.05) is 54.6 Å². The van der Waals surface area contributed by atoms with Crippen molar-refractivity contribution in [1.82, 2.24) is 0 Å². The summed E-state index contributed by atoms with van der Waals surface area (Å²) in [5.74, 6) is -3.15. The fourth-order valence-corrected chi connectivity index (χ4v) is 6.95. The third-order valence-electron chi connectivity index (χ3n) is 3.88. The van der Waals surface area contributed by atoms with Crippen molar-refractivity contribution in [2.75, 3.05) is 20.0 Å². The van der Waals surface area contributed by atoms with Crippen LogP contribution in [-0.4, -0.2) is 20.0 Å². The molecule has 0 bridgehead atoms. The van der Waals surface area contributed by atoms with Gasteiger partial charge < -0.3 is 0 Å². The monoisotopic (exact) mass is 584 g/mol. The first-order chi connectivity index (χ1) is 11.9. The maximum absolute atomic E-state index is 7.39. The molecule has 0 amide bonds. The van der Waals surface area contributed by atoms with Crippen molar-refractivity contribution >= 4 is 41.0 Å². The summed E-state index contributed by atoms with van der Waals surface area (Å²) in [5, 5.41) is 3.26. The van der Waals surface area contributed by atoms with Crippen molar-refractivity contribution in [3.8, 4) is 0 Å².